The zero-order chi connectivity index (χ0) is 9.14. The second-order valence-electron chi connectivity index (χ2n) is 3.43. The van der Waals surface area contributed by atoms with Gasteiger partial charge in [0, 0.05) is 5.56 Å². The van der Waals surface area contributed by atoms with Crippen molar-refractivity contribution in [3.63, 3.8) is 0 Å². The van der Waals surface area contributed by atoms with Crippen LogP contribution in [0.5, 0.6) is 0 Å². The van der Waals surface area contributed by atoms with E-state index in [-0.39, 0.29) is 0 Å². The molecule has 0 spiro atoms. The summed E-state index contributed by atoms with van der Waals surface area (Å²) in [6, 6.07) is 0. The smallest absolute Gasteiger partial charge is 0.137 e. The molecule has 0 aliphatic heterocycles. The number of hydrogen-bond acceptors (Lipinski definition) is 2. The Balaban J connectivity index is 2.85. The molecule has 0 amide bonds. The predicted octanol–water partition coefficient (Wildman–Crippen LogP) is 3.20. The molecule has 1 unspecified atom stereocenters. The average molecular weight is 167 g/mol. The fourth-order valence-electron chi connectivity index (χ4n) is 1.77. The number of aromatic nitrogens is 1. The summed E-state index contributed by atoms with van der Waals surface area (Å²) >= 11 is 0. The third-order valence-electron chi connectivity index (χ3n) is 2.30. The van der Waals surface area contributed by atoms with Crippen LogP contribution in [0.1, 0.15) is 49.6 Å². The number of aryl methyl sites for hydroxylation is 2. The molecule has 0 fully saturated rings. The van der Waals surface area contributed by atoms with Crippen molar-refractivity contribution in [2.45, 2.75) is 46.5 Å². The van der Waals surface area contributed by atoms with Crippen LogP contribution in [0.2, 0.25) is 0 Å². The minimum atomic E-state index is 0.584. The van der Waals surface area contributed by atoms with Gasteiger partial charge in [0.2, 0.25) is 0 Å². The van der Waals surface area contributed by atoms with Crippen molar-refractivity contribution in [2.75, 3.05) is 0 Å². The van der Waals surface area contributed by atoms with Crippen molar-refractivity contribution in [1.29, 1.82) is 0 Å². The molecule has 0 bridgehead atoms. The average Bonchev–Trinajstić information content (AvgIpc) is 2.32. The van der Waals surface area contributed by atoms with Gasteiger partial charge < -0.3 is 4.52 Å². The summed E-state index contributed by atoms with van der Waals surface area (Å²) in [6.07, 6.45) is 2.42. The van der Waals surface area contributed by atoms with Crippen molar-refractivity contribution in [3.8, 4) is 0 Å². The lowest BCUT2D eigenvalue weighted by molar-refractivity contribution is 0.391. The molecule has 0 N–H and O–H groups in total. The quantitative estimate of drug-likeness (QED) is 0.691. The summed E-state index contributed by atoms with van der Waals surface area (Å²) < 4.78 is 5.11. The number of hydrogen-bond donors (Lipinski definition) is 0. The van der Waals surface area contributed by atoms with Gasteiger partial charge in [-0.05, 0) is 26.2 Å². The predicted molar refractivity (Wildman–Crippen MR) is 49.3 cm³/mol. The van der Waals surface area contributed by atoms with Gasteiger partial charge in [0.15, 0.2) is 0 Å². The van der Waals surface area contributed by atoms with Crippen LogP contribution in [0.3, 0.4) is 0 Å². The fourth-order valence-corrected chi connectivity index (χ4v) is 1.77. The Morgan fingerprint density at radius 3 is 2.50 bits per heavy atom. The molecule has 0 radical (unpaired) electrons. The largest absolute Gasteiger partial charge is 0.361 e. The number of rotatable bonds is 3. The van der Waals surface area contributed by atoms with Crippen LogP contribution >= 0.6 is 0 Å². The maximum absolute atomic E-state index is 5.11. The van der Waals surface area contributed by atoms with Crippen molar-refractivity contribution in [1.82, 2.24) is 5.16 Å². The van der Waals surface area contributed by atoms with Crippen molar-refractivity contribution in [3.05, 3.63) is 17.0 Å². The van der Waals surface area contributed by atoms with E-state index in [0.29, 0.717) is 5.92 Å². The third-order valence-corrected chi connectivity index (χ3v) is 2.30. The Morgan fingerprint density at radius 2 is 2.08 bits per heavy atom. The van der Waals surface area contributed by atoms with E-state index in [9.17, 15) is 0 Å². The molecule has 1 aromatic heterocycles. The minimum absolute atomic E-state index is 0.584. The Morgan fingerprint density at radius 1 is 1.42 bits per heavy atom. The van der Waals surface area contributed by atoms with Crippen LogP contribution in [0.15, 0.2) is 4.52 Å². The van der Waals surface area contributed by atoms with Crippen LogP contribution in [-0.4, -0.2) is 5.16 Å². The summed E-state index contributed by atoms with van der Waals surface area (Å²) in [4.78, 5) is 0. The second-order valence-corrected chi connectivity index (χ2v) is 3.43. The third kappa shape index (κ3) is 1.68. The summed E-state index contributed by atoms with van der Waals surface area (Å²) in [5, 5.41) is 3.94. The molecule has 1 aromatic rings. The molecule has 0 saturated heterocycles. The Hall–Kier alpha value is -0.790. The summed E-state index contributed by atoms with van der Waals surface area (Å²) in [5.74, 6) is 1.56. The van der Waals surface area contributed by atoms with Gasteiger partial charge >= 0.3 is 0 Å². The van der Waals surface area contributed by atoms with E-state index < -0.39 is 0 Å². The summed E-state index contributed by atoms with van der Waals surface area (Å²) in [6.45, 7) is 8.43. The van der Waals surface area contributed by atoms with Gasteiger partial charge in [-0.2, -0.15) is 0 Å². The van der Waals surface area contributed by atoms with Crippen LogP contribution < -0.4 is 0 Å². The van der Waals surface area contributed by atoms with Crippen LogP contribution in [0.25, 0.3) is 0 Å². The molecule has 1 heterocycles. The van der Waals surface area contributed by atoms with E-state index in [2.05, 4.69) is 19.0 Å². The van der Waals surface area contributed by atoms with Crippen LogP contribution in [0, 0.1) is 13.8 Å². The van der Waals surface area contributed by atoms with Crippen LogP contribution in [-0.2, 0) is 0 Å². The first-order valence-corrected chi connectivity index (χ1v) is 4.59. The van der Waals surface area contributed by atoms with Crippen molar-refractivity contribution >= 4 is 0 Å². The van der Waals surface area contributed by atoms with Gasteiger partial charge in [-0.1, -0.05) is 25.4 Å². The Kier molecular flexibility index (Phi) is 2.90. The monoisotopic (exact) mass is 167 g/mol. The zero-order valence-electron chi connectivity index (χ0n) is 8.35. The van der Waals surface area contributed by atoms with E-state index in [1.165, 1.54) is 18.4 Å². The molecule has 68 valence electrons. The lowest BCUT2D eigenvalue weighted by Crippen LogP contribution is -1.95. The first-order chi connectivity index (χ1) is 5.66. The fraction of sp³-hybridized carbons (Fsp3) is 0.700. The van der Waals surface area contributed by atoms with Gasteiger partial charge in [0.1, 0.15) is 5.76 Å². The molecule has 0 aliphatic carbocycles. The highest BCUT2D eigenvalue weighted by Crippen LogP contribution is 2.26. The second kappa shape index (κ2) is 3.74. The Labute approximate surface area is 74.0 Å². The normalized spacial score (nSPS) is 13.3. The highest BCUT2D eigenvalue weighted by Gasteiger charge is 2.14. The van der Waals surface area contributed by atoms with Gasteiger partial charge in [0.25, 0.3) is 0 Å². The molecular formula is C10H17NO. The molecule has 1 rings (SSSR count). The van der Waals surface area contributed by atoms with E-state index in [4.69, 9.17) is 4.52 Å². The lowest BCUT2D eigenvalue weighted by Gasteiger charge is -2.08. The van der Waals surface area contributed by atoms with Crippen molar-refractivity contribution in [2.24, 2.45) is 0 Å². The highest BCUT2D eigenvalue weighted by molar-refractivity contribution is 5.24. The highest BCUT2D eigenvalue weighted by atomic mass is 16.5. The maximum atomic E-state index is 5.11. The summed E-state index contributed by atoms with van der Waals surface area (Å²) in [7, 11) is 0. The minimum Gasteiger partial charge on any atom is -0.361 e. The number of nitrogens with zero attached hydrogens (tertiary/aromatic N) is 1. The lowest BCUT2D eigenvalue weighted by atomic mass is 9.95. The van der Waals surface area contributed by atoms with Gasteiger partial charge in [0.05, 0.1) is 5.69 Å². The standard InChI is InChI=1S/C10H17NO/c1-5-6-7(2)10-8(3)11-12-9(10)4/h7H,5-6H2,1-4H3. The summed E-state index contributed by atoms with van der Waals surface area (Å²) in [5.41, 5.74) is 2.35. The molecule has 0 aliphatic rings. The molecule has 0 saturated carbocycles. The van der Waals surface area contributed by atoms with Gasteiger partial charge in [-0.15, -0.1) is 0 Å². The molecule has 2 heteroatoms. The zero-order valence-corrected chi connectivity index (χ0v) is 8.35. The maximum Gasteiger partial charge on any atom is 0.137 e. The van der Waals surface area contributed by atoms with E-state index in [1.807, 2.05) is 13.8 Å². The molecule has 0 aromatic carbocycles. The van der Waals surface area contributed by atoms with Crippen LogP contribution in [0.4, 0.5) is 0 Å². The first-order valence-electron chi connectivity index (χ1n) is 4.59. The van der Waals surface area contributed by atoms with E-state index >= 15 is 0 Å². The SMILES string of the molecule is CCCC(C)c1c(C)noc1C. The topological polar surface area (TPSA) is 26.0 Å². The molecule has 2 nitrogen and oxygen atoms in total. The van der Waals surface area contributed by atoms with Gasteiger partial charge in [-0.3, -0.25) is 0 Å². The molecular weight excluding hydrogens is 150 g/mol. The first kappa shape index (κ1) is 9.30. The molecule has 12 heavy (non-hydrogen) atoms. The molecule has 1 atom stereocenters. The Bertz CT molecular complexity index is 233. The van der Waals surface area contributed by atoms with E-state index in [0.717, 1.165) is 11.5 Å². The van der Waals surface area contributed by atoms with Crippen molar-refractivity contribution < 1.29 is 4.52 Å². The van der Waals surface area contributed by atoms with Gasteiger partial charge in [-0.25, -0.2) is 0 Å². The van der Waals surface area contributed by atoms with E-state index in [1.54, 1.807) is 0 Å².